The molecule has 0 unspecified atom stereocenters. The van der Waals surface area contributed by atoms with Crippen molar-refractivity contribution in [3.8, 4) is 0 Å². The molecule has 0 fully saturated rings. The first-order valence-electron chi connectivity index (χ1n) is 5.31. The molecule has 6 nitrogen and oxygen atoms in total. The summed E-state index contributed by atoms with van der Waals surface area (Å²) in [5, 5.41) is 29.4. The fourth-order valence-electron chi connectivity index (χ4n) is 1.24. The Hall–Kier alpha value is -0.690. The van der Waals surface area contributed by atoms with Crippen molar-refractivity contribution in [1.82, 2.24) is 5.32 Å². The zero-order valence-corrected chi connectivity index (χ0v) is 9.81. The van der Waals surface area contributed by atoms with Gasteiger partial charge in [0.1, 0.15) is 5.54 Å². The van der Waals surface area contributed by atoms with Crippen molar-refractivity contribution in [3.05, 3.63) is 0 Å². The Balaban J connectivity index is 4.40. The van der Waals surface area contributed by atoms with Crippen LogP contribution in [0.5, 0.6) is 0 Å². The van der Waals surface area contributed by atoms with Gasteiger partial charge in [0.05, 0.1) is 25.9 Å². The van der Waals surface area contributed by atoms with Crippen LogP contribution in [0.15, 0.2) is 0 Å². The first kappa shape index (κ1) is 15.3. The van der Waals surface area contributed by atoms with E-state index in [0.29, 0.717) is 6.42 Å². The molecule has 0 heterocycles. The van der Waals surface area contributed by atoms with E-state index in [1.54, 1.807) is 0 Å². The van der Waals surface area contributed by atoms with Crippen molar-refractivity contribution in [2.75, 3.05) is 19.8 Å². The topological polar surface area (TPSA) is 116 Å². The van der Waals surface area contributed by atoms with Crippen LogP contribution in [-0.2, 0) is 4.79 Å². The predicted octanol–water partition coefficient (Wildman–Crippen LogP) is -1.81. The normalized spacial score (nSPS) is 13.9. The molecule has 0 saturated carbocycles. The number of aliphatic hydroxyl groups is 3. The number of hydrogen-bond acceptors (Lipinski definition) is 5. The van der Waals surface area contributed by atoms with Crippen molar-refractivity contribution in [2.24, 2.45) is 11.7 Å². The van der Waals surface area contributed by atoms with Gasteiger partial charge in [0.2, 0.25) is 5.91 Å². The first-order chi connectivity index (χ1) is 7.40. The molecule has 1 amide bonds. The Bertz CT molecular complexity index is 209. The lowest BCUT2D eigenvalue weighted by Gasteiger charge is -2.30. The highest BCUT2D eigenvalue weighted by Gasteiger charge is 2.31. The predicted molar refractivity (Wildman–Crippen MR) is 59.6 cm³/mol. The zero-order valence-electron chi connectivity index (χ0n) is 9.81. The number of carbonyl (C=O) groups is 1. The van der Waals surface area contributed by atoms with Gasteiger partial charge in [0, 0.05) is 0 Å². The molecule has 0 aliphatic rings. The molecule has 0 bridgehead atoms. The molecule has 0 rings (SSSR count). The van der Waals surface area contributed by atoms with Crippen molar-refractivity contribution in [2.45, 2.75) is 31.8 Å². The summed E-state index contributed by atoms with van der Waals surface area (Å²) in [6.45, 7) is 2.25. The summed E-state index contributed by atoms with van der Waals surface area (Å²) in [6, 6.07) is -0.705. The van der Waals surface area contributed by atoms with Crippen LogP contribution >= 0.6 is 0 Å². The zero-order chi connectivity index (χ0) is 12.8. The molecular formula is C10H22N2O4. The highest BCUT2D eigenvalue weighted by molar-refractivity contribution is 5.82. The van der Waals surface area contributed by atoms with Crippen LogP contribution < -0.4 is 11.1 Å². The van der Waals surface area contributed by atoms with Crippen molar-refractivity contribution in [1.29, 1.82) is 0 Å². The second kappa shape index (κ2) is 6.80. The minimum atomic E-state index is -1.40. The standard InChI is InChI=1S/C10H22N2O4/c1-7(2)3-8(11)9(16)12-10(4-13,5-14)6-15/h7-8,13-15H,3-6,11H2,1-2H3,(H,12,16)/t8-/m0/s1. The Morgan fingerprint density at radius 3 is 2.00 bits per heavy atom. The number of rotatable bonds is 7. The lowest BCUT2D eigenvalue weighted by atomic mass is 10.00. The van der Waals surface area contributed by atoms with E-state index in [4.69, 9.17) is 21.1 Å². The van der Waals surface area contributed by atoms with Gasteiger partial charge in [-0.25, -0.2) is 0 Å². The fourth-order valence-corrected chi connectivity index (χ4v) is 1.24. The molecule has 0 spiro atoms. The van der Waals surface area contributed by atoms with E-state index >= 15 is 0 Å². The van der Waals surface area contributed by atoms with Gasteiger partial charge >= 0.3 is 0 Å². The van der Waals surface area contributed by atoms with Crippen molar-refractivity contribution >= 4 is 5.91 Å². The fraction of sp³-hybridized carbons (Fsp3) is 0.900. The van der Waals surface area contributed by atoms with Gasteiger partial charge < -0.3 is 26.4 Å². The summed E-state index contributed by atoms with van der Waals surface area (Å²) >= 11 is 0. The summed E-state index contributed by atoms with van der Waals surface area (Å²) in [4.78, 5) is 11.6. The Morgan fingerprint density at radius 2 is 1.69 bits per heavy atom. The number of nitrogens with two attached hydrogens (primary N) is 1. The van der Waals surface area contributed by atoms with Crippen LogP contribution in [-0.4, -0.2) is 52.6 Å². The van der Waals surface area contributed by atoms with E-state index < -0.39 is 37.3 Å². The number of carbonyl (C=O) groups excluding carboxylic acids is 1. The SMILES string of the molecule is CC(C)C[C@H](N)C(=O)NC(CO)(CO)CO. The Kier molecular flexibility index (Phi) is 6.51. The highest BCUT2D eigenvalue weighted by atomic mass is 16.3. The molecule has 0 aromatic heterocycles. The molecule has 0 radical (unpaired) electrons. The monoisotopic (exact) mass is 234 g/mol. The molecule has 16 heavy (non-hydrogen) atoms. The van der Waals surface area contributed by atoms with Gasteiger partial charge in [0.15, 0.2) is 0 Å². The molecule has 6 N–H and O–H groups in total. The smallest absolute Gasteiger partial charge is 0.237 e. The molecule has 0 aromatic rings. The third-order valence-corrected chi connectivity index (χ3v) is 2.36. The molecule has 0 aliphatic heterocycles. The van der Waals surface area contributed by atoms with E-state index in [0.717, 1.165) is 0 Å². The van der Waals surface area contributed by atoms with E-state index in [2.05, 4.69) is 5.32 Å². The first-order valence-corrected chi connectivity index (χ1v) is 5.31. The third kappa shape index (κ3) is 4.44. The second-order valence-corrected chi connectivity index (χ2v) is 4.48. The maximum Gasteiger partial charge on any atom is 0.237 e. The summed E-state index contributed by atoms with van der Waals surface area (Å²) in [6.07, 6.45) is 0.504. The molecule has 1 atom stereocenters. The molecule has 96 valence electrons. The van der Waals surface area contributed by atoms with E-state index in [-0.39, 0.29) is 5.92 Å². The van der Waals surface area contributed by atoms with Gasteiger partial charge in [-0.1, -0.05) is 13.8 Å². The number of aliphatic hydroxyl groups excluding tert-OH is 3. The lowest BCUT2D eigenvalue weighted by Crippen LogP contribution is -2.60. The lowest BCUT2D eigenvalue weighted by molar-refractivity contribution is -0.127. The van der Waals surface area contributed by atoms with Crippen LogP contribution in [0.25, 0.3) is 0 Å². The molecular weight excluding hydrogens is 212 g/mol. The third-order valence-electron chi connectivity index (χ3n) is 2.36. The molecule has 0 saturated heterocycles. The van der Waals surface area contributed by atoms with Gasteiger partial charge in [-0.3, -0.25) is 4.79 Å². The number of nitrogens with one attached hydrogen (secondary N) is 1. The van der Waals surface area contributed by atoms with Gasteiger partial charge in [-0.15, -0.1) is 0 Å². The molecule has 0 aliphatic carbocycles. The minimum absolute atomic E-state index is 0.271. The van der Waals surface area contributed by atoms with E-state index in [1.807, 2.05) is 13.8 Å². The summed E-state index contributed by atoms with van der Waals surface area (Å²) in [7, 11) is 0. The van der Waals surface area contributed by atoms with Crippen LogP contribution in [0.4, 0.5) is 0 Å². The van der Waals surface area contributed by atoms with Gasteiger partial charge in [-0.2, -0.15) is 0 Å². The quantitative estimate of drug-likeness (QED) is 0.356. The Labute approximate surface area is 95.5 Å². The number of amides is 1. The van der Waals surface area contributed by atoms with Crippen molar-refractivity contribution in [3.63, 3.8) is 0 Å². The summed E-state index contributed by atoms with van der Waals surface area (Å²) < 4.78 is 0. The van der Waals surface area contributed by atoms with Crippen LogP contribution in [0.1, 0.15) is 20.3 Å². The van der Waals surface area contributed by atoms with Crippen LogP contribution in [0.3, 0.4) is 0 Å². The summed E-state index contributed by atoms with van der Waals surface area (Å²) in [5.74, 6) is -0.210. The van der Waals surface area contributed by atoms with E-state index in [1.165, 1.54) is 0 Å². The average Bonchev–Trinajstić information content (AvgIpc) is 2.25. The largest absolute Gasteiger partial charge is 0.394 e. The highest BCUT2D eigenvalue weighted by Crippen LogP contribution is 2.06. The van der Waals surface area contributed by atoms with Crippen LogP contribution in [0.2, 0.25) is 0 Å². The van der Waals surface area contributed by atoms with Crippen LogP contribution in [0, 0.1) is 5.92 Å². The Morgan fingerprint density at radius 1 is 1.25 bits per heavy atom. The maximum absolute atomic E-state index is 11.6. The van der Waals surface area contributed by atoms with E-state index in [9.17, 15) is 4.79 Å². The van der Waals surface area contributed by atoms with Gasteiger partial charge in [-0.05, 0) is 12.3 Å². The maximum atomic E-state index is 11.6. The minimum Gasteiger partial charge on any atom is -0.394 e. The summed E-state index contributed by atoms with van der Waals surface area (Å²) in [5.41, 5.74) is 4.24. The molecule has 6 heteroatoms. The average molecular weight is 234 g/mol. The second-order valence-electron chi connectivity index (χ2n) is 4.48. The number of hydrogen-bond donors (Lipinski definition) is 5. The van der Waals surface area contributed by atoms with Crippen molar-refractivity contribution < 1.29 is 20.1 Å². The van der Waals surface area contributed by atoms with Gasteiger partial charge in [0.25, 0.3) is 0 Å². The molecule has 0 aromatic carbocycles.